The molecule has 0 amide bonds. The predicted molar refractivity (Wildman–Crippen MR) is 121 cm³/mol. The van der Waals surface area contributed by atoms with Gasteiger partial charge < -0.3 is 10.0 Å². The molecule has 1 aliphatic heterocycles. The number of halogens is 2. The minimum absolute atomic E-state index is 0.178. The Kier molecular flexibility index (Phi) is 6.64. The van der Waals surface area contributed by atoms with E-state index in [1.807, 2.05) is 19.1 Å². The normalized spacial score (nSPS) is 14.9. The summed E-state index contributed by atoms with van der Waals surface area (Å²) in [5.41, 5.74) is 0.947. The standard InChI is InChI=1S/C19H21Cl2N7OS/c1-12-23-17(25-18(24-12)28-6-4-27(5-7-28)8-9-29)26-19-22-11-16(30-19)13-2-3-14(20)15(21)10-13/h2-3,10-11,29H,4-9H2,1H3,(H,22,23,24,25,26). The third-order valence-corrected chi connectivity index (χ3v) is 6.44. The molecule has 0 saturated carbocycles. The van der Waals surface area contributed by atoms with Gasteiger partial charge in [0.05, 0.1) is 21.5 Å². The Morgan fingerprint density at radius 2 is 1.90 bits per heavy atom. The lowest BCUT2D eigenvalue weighted by atomic mass is 10.2. The first-order valence-electron chi connectivity index (χ1n) is 9.51. The van der Waals surface area contributed by atoms with Crippen molar-refractivity contribution in [1.29, 1.82) is 0 Å². The topological polar surface area (TPSA) is 90.3 Å². The minimum Gasteiger partial charge on any atom is -0.395 e. The number of hydrogen-bond donors (Lipinski definition) is 2. The van der Waals surface area contributed by atoms with Crippen LogP contribution in [0.15, 0.2) is 24.4 Å². The molecule has 0 radical (unpaired) electrons. The number of hydrogen-bond acceptors (Lipinski definition) is 9. The number of rotatable bonds is 6. The number of benzene rings is 1. The number of β-amino-alcohol motifs (C(OH)–C–C–N with tert-alkyl or cyclic N) is 1. The third-order valence-electron chi connectivity index (χ3n) is 4.74. The van der Waals surface area contributed by atoms with Crippen molar-refractivity contribution in [3.05, 3.63) is 40.3 Å². The van der Waals surface area contributed by atoms with Crippen LogP contribution in [-0.2, 0) is 0 Å². The maximum absolute atomic E-state index is 9.10. The van der Waals surface area contributed by atoms with Crippen LogP contribution in [0.25, 0.3) is 10.4 Å². The molecule has 3 aromatic rings. The van der Waals surface area contributed by atoms with Crippen molar-refractivity contribution in [3.63, 3.8) is 0 Å². The smallest absolute Gasteiger partial charge is 0.234 e. The molecular weight excluding hydrogens is 445 g/mol. The number of nitrogens with one attached hydrogen (secondary N) is 1. The number of aliphatic hydroxyl groups is 1. The minimum atomic E-state index is 0.178. The van der Waals surface area contributed by atoms with Crippen molar-refractivity contribution in [3.8, 4) is 10.4 Å². The maximum atomic E-state index is 9.10. The van der Waals surface area contributed by atoms with E-state index in [9.17, 15) is 0 Å². The van der Waals surface area contributed by atoms with Crippen LogP contribution >= 0.6 is 34.5 Å². The van der Waals surface area contributed by atoms with Gasteiger partial charge in [-0.1, -0.05) is 40.6 Å². The lowest BCUT2D eigenvalue weighted by Crippen LogP contribution is -2.47. The summed E-state index contributed by atoms with van der Waals surface area (Å²) in [7, 11) is 0. The fourth-order valence-corrected chi connectivity index (χ4v) is 4.29. The van der Waals surface area contributed by atoms with Gasteiger partial charge in [-0.3, -0.25) is 10.2 Å². The van der Waals surface area contributed by atoms with Gasteiger partial charge in [-0.05, 0) is 24.6 Å². The van der Waals surface area contributed by atoms with Crippen LogP contribution in [0.2, 0.25) is 10.0 Å². The molecule has 158 valence electrons. The van der Waals surface area contributed by atoms with Gasteiger partial charge >= 0.3 is 0 Å². The van der Waals surface area contributed by atoms with Gasteiger partial charge in [0.25, 0.3) is 0 Å². The Hall–Kier alpha value is -2.04. The lowest BCUT2D eigenvalue weighted by molar-refractivity contribution is 0.188. The summed E-state index contributed by atoms with van der Waals surface area (Å²) >= 11 is 13.6. The molecule has 1 aromatic carbocycles. The Bertz CT molecular complexity index is 1020. The van der Waals surface area contributed by atoms with E-state index in [1.165, 1.54) is 11.3 Å². The van der Waals surface area contributed by atoms with E-state index in [0.717, 1.165) is 36.6 Å². The number of aromatic nitrogens is 4. The number of aryl methyl sites for hydroxylation is 1. The van der Waals surface area contributed by atoms with Crippen LogP contribution in [0.1, 0.15) is 5.82 Å². The average molecular weight is 466 g/mol. The van der Waals surface area contributed by atoms with Crippen molar-refractivity contribution >= 4 is 51.6 Å². The average Bonchev–Trinajstić information content (AvgIpc) is 3.19. The Morgan fingerprint density at radius 1 is 1.10 bits per heavy atom. The molecule has 11 heteroatoms. The Morgan fingerprint density at radius 3 is 2.63 bits per heavy atom. The van der Waals surface area contributed by atoms with Crippen LogP contribution in [0, 0.1) is 6.92 Å². The van der Waals surface area contributed by atoms with E-state index in [1.54, 1.807) is 12.3 Å². The molecule has 0 aliphatic carbocycles. The maximum Gasteiger partial charge on any atom is 0.234 e. The van der Waals surface area contributed by atoms with E-state index in [4.69, 9.17) is 28.3 Å². The largest absolute Gasteiger partial charge is 0.395 e. The first-order valence-corrected chi connectivity index (χ1v) is 11.1. The summed E-state index contributed by atoms with van der Waals surface area (Å²) in [6, 6.07) is 5.50. The zero-order valence-corrected chi connectivity index (χ0v) is 18.7. The highest BCUT2D eigenvalue weighted by Gasteiger charge is 2.20. The second-order valence-electron chi connectivity index (χ2n) is 6.84. The second kappa shape index (κ2) is 9.40. The molecule has 0 spiro atoms. The highest BCUT2D eigenvalue weighted by Crippen LogP contribution is 2.33. The summed E-state index contributed by atoms with van der Waals surface area (Å²) in [4.78, 5) is 23.2. The second-order valence-corrected chi connectivity index (χ2v) is 8.69. The molecule has 0 atom stereocenters. The SMILES string of the molecule is Cc1nc(Nc2ncc(-c3ccc(Cl)c(Cl)c3)s2)nc(N2CCN(CCO)CC2)n1. The van der Waals surface area contributed by atoms with Crippen molar-refractivity contribution < 1.29 is 5.11 Å². The first kappa shape index (κ1) is 21.2. The van der Waals surface area contributed by atoms with Crippen molar-refractivity contribution in [2.24, 2.45) is 0 Å². The van der Waals surface area contributed by atoms with E-state index in [2.05, 4.69) is 35.1 Å². The summed E-state index contributed by atoms with van der Waals surface area (Å²) < 4.78 is 0. The lowest BCUT2D eigenvalue weighted by Gasteiger charge is -2.34. The fourth-order valence-electron chi connectivity index (χ4n) is 3.19. The van der Waals surface area contributed by atoms with Crippen LogP contribution < -0.4 is 10.2 Å². The van der Waals surface area contributed by atoms with Gasteiger partial charge in [0, 0.05) is 38.9 Å². The third kappa shape index (κ3) is 4.98. The summed E-state index contributed by atoms with van der Waals surface area (Å²) in [6.07, 6.45) is 1.78. The summed E-state index contributed by atoms with van der Waals surface area (Å²) in [5, 5.41) is 14.0. The molecule has 1 saturated heterocycles. The van der Waals surface area contributed by atoms with Gasteiger partial charge in [-0.15, -0.1) is 0 Å². The Balaban J connectivity index is 1.48. The van der Waals surface area contributed by atoms with Crippen molar-refractivity contribution in [1.82, 2.24) is 24.8 Å². The number of nitrogens with zero attached hydrogens (tertiary/aromatic N) is 6. The number of anilines is 3. The van der Waals surface area contributed by atoms with Crippen molar-refractivity contribution in [2.75, 3.05) is 49.5 Å². The molecule has 2 N–H and O–H groups in total. The Labute approximate surface area is 188 Å². The molecule has 1 fully saturated rings. The molecule has 2 aromatic heterocycles. The summed E-state index contributed by atoms with van der Waals surface area (Å²) in [5.74, 6) is 1.75. The zero-order valence-electron chi connectivity index (χ0n) is 16.3. The number of piperazine rings is 1. The van der Waals surface area contributed by atoms with Crippen molar-refractivity contribution in [2.45, 2.75) is 6.92 Å². The van der Waals surface area contributed by atoms with Gasteiger partial charge in [0.15, 0.2) is 5.13 Å². The summed E-state index contributed by atoms with van der Waals surface area (Å²) in [6.45, 7) is 6.07. The van der Waals surface area contributed by atoms with Gasteiger partial charge in [0.1, 0.15) is 5.82 Å². The van der Waals surface area contributed by atoms with Crippen LogP contribution in [0.4, 0.5) is 17.0 Å². The molecule has 0 unspecified atom stereocenters. The van der Waals surface area contributed by atoms with E-state index in [0.29, 0.717) is 39.4 Å². The zero-order chi connectivity index (χ0) is 21.1. The quantitative estimate of drug-likeness (QED) is 0.571. The van der Waals surface area contributed by atoms with Gasteiger partial charge in [0.2, 0.25) is 11.9 Å². The molecule has 30 heavy (non-hydrogen) atoms. The highest BCUT2D eigenvalue weighted by atomic mass is 35.5. The predicted octanol–water partition coefficient (Wildman–Crippen LogP) is 3.47. The first-order chi connectivity index (χ1) is 14.5. The molecular formula is C19H21Cl2N7OS. The molecule has 4 rings (SSSR count). The number of thiazole rings is 1. The van der Waals surface area contributed by atoms with Gasteiger partial charge in [-0.2, -0.15) is 15.0 Å². The molecule has 1 aliphatic rings. The van der Waals surface area contributed by atoms with Crippen LogP contribution in [0.3, 0.4) is 0 Å². The molecule has 0 bridgehead atoms. The monoisotopic (exact) mass is 465 g/mol. The molecule has 3 heterocycles. The van der Waals surface area contributed by atoms with Crippen LogP contribution in [-0.4, -0.2) is 69.3 Å². The molecule has 8 nitrogen and oxygen atoms in total. The number of aliphatic hydroxyl groups excluding tert-OH is 1. The van der Waals surface area contributed by atoms with Gasteiger partial charge in [-0.25, -0.2) is 4.98 Å². The van der Waals surface area contributed by atoms with E-state index in [-0.39, 0.29) is 6.61 Å². The van der Waals surface area contributed by atoms with Crippen LogP contribution in [0.5, 0.6) is 0 Å². The fraction of sp³-hybridized carbons (Fsp3) is 0.368. The van der Waals surface area contributed by atoms with E-state index < -0.39 is 0 Å². The van der Waals surface area contributed by atoms with E-state index >= 15 is 0 Å². The highest BCUT2D eigenvalue weighted by molar-refractivity contribution is 7.18.